The molecule has 0 fully saturated rings. The van der Waals surface area contributed by atoms with Gasteiger partial charge in [0, 0.05) is 0 Å². The summed E-state index contributed by atoms with van der Waals surface area (Å²) in [5, 5.41) is 20.4. The highest BCUT2D eigenvalue weighted by molar-refractivity contribution is 6.42. The van der Waals surface area contributed by atoms with Gasteiger partial charge in [-0.15, -0.1) is 0 Å². The van der Waals surface area contributed by atoms with Gasteiger partial charge in [-0.1, -0.05) is 65.7 Å². The molecule has 0 saturated carbocycles. The molecule has 4 nitrogen and oxygen atoms in total. The molecule has 0 aliphatic heterocycles. The molecule has 0 bridgehead atoms. The zero-order valence-electron chi connectivity index (χ0n) is 15.9. The zero-order chi connectivity index (χ0) is 20.5. The summed E-state index contributed by atoms with van der Waals surface area (Å²) in [6.07, 6.45) is -0.809. The first-order valence-corrected chi connectivity index (χ1v) is 10.1. The van der Waals surface area contributed by atoms with E-state index in [9.17, 15) is 5.11 Å². The van der Waals surface area contributed by atoms with Crippen LogP contribution in [0, 0.1) is 12.3 Å². The smallest absolute Gasteiger partial charge is 0.203 e. The van der Waals surface area contributed by atoms with Crippen molar-refractivity contribution >= 4 is 34.2 Å². The fourth-order valence-corrected chi connectivity index (χ4v) is 3.90. The standard InChI is InChI=1S/C23H21Cl2N3O/c1-15-6-2-3-7-17(15)13-27-20-8-4-5-9-21(20)28(23(27)26)14-22(29)16-10-11-18(24)19(25)12-16/h2-12,22,26,29H,13-14H2,1H3/t22-/m1/s1. The van der Waals surface area contributed by atoms with Crippen LogP contribution in [0.2, 0.25) is 10.0 Å². The zero-order valence-corrected chi connectivity index (χ0v) is 17.5. The number of aryl methyl sites for hydroxylation is 1. The minimum absolute atomic E-state index is 0.248. The Balaban J connectivity index is 1.75. The fraction of sp³-hybridized carbons (Fsp3) is 0.174. The van der Waals surface area contributed by atoms with Gasteiger partial charge < -0.3 is 14.2 Å². The summed E-state index contributed by atoms with van der Waals surface area (Å²) >= 11 is 12.1. The third-order valence-corrected chi connectivity index (χ3v) is 5.99. The van der Waals surface area contributed by atoms with E-state index >= 15 is 0 Å². The number of halogens is 2. The van der Waals surface area contributed by atoms with Crippen LogP contribution in [0.5, 0.6) is 0 Å². The van der Waals surface area contributed by atoms with E-state index in [0.717, 1.165) is 11.0 Å². The molecule has 1 aromatic heterocycles. The number of nitrogens with zero attached hydrogens (tertiary/aromatic N) is 2. The summed E-state index contributed by atoms with van der Waals surface area (Å²) in [6, 6.07) is 21.2. The Hall–Kier alpha value is -2.53. The Kier molecular flexibility index (Phi) is 5.50. The molecular formula is C23H21Cl2N3O. The van der Waals surface area contributed by atoms with Gasteiger partial charge in [-0.05, 0) is 47.9 Å². The minimum atomic E-state index is -0.809. The van der Waals surface area contributed by atoms with Gasteiger partial charge in [0.25, 0.3) is 0 Å². The number of hydrogen-bond donors (Lipinski definition) is 2. The highest BCUT2D eigenvalue weighted by atomic mass is 35.5. The van der Waals surface area contributed by atoms with Crippen molar-refractivity contribution in [2.45, 2.75) is 26.1 Å². The van der Waals surface area contributed by atoms with E-state index in [0.29, 0.717) is 27.8 Å². The van der Waals surface area contributed by atoms with E-state index < -0.39 is 6.10 Å². The second-order valence-electron chi connectivity index (χ2n) is 7.12. The number of rotatable bonds is 5. The highest BCUT2D eigenvalue weighted by Crippen LogP contribution is 2.27. The van der Waals surface area contributed by atoms with Gasteiger partial charge >= 0.3 is 0 Å². The van der Waals surface area contributed by atoms with Gasteiger partial charge in [0.15, 0.2) is 0 Å². The van der Waals surface area contributed by atoms with E-state index in [4.69, 9.17) is 28.6 Å². The van der Waals surface area contributed by atoms with Crippen LogP contribution in [0.4, 0.5) is 0 Å². The lowest BCUT2D eigenvalue weighted by atomic mass is 10.1. The number of benzene rings is 3. The molecular weight excluding hydrogens is 405 g/mol. The van der Waals surface area contributed by atoms with Crippen molar-refractivity contribution in [3.63, 3.8) is 0 Å². The summed E-state index contributed by atoms with van der Waals surface area (Å²) < 4.78 is 3.81. The lowest BCUT2D eigenvalue weighted by molar-refractivity contribution is 0.156. The summed E-state index contributed by atoms with van der Waals surface area (Å²) in [7, 11) is 0. The Labute approximate surface area is 179 Å². The SMILES string of the molecule is Cc1ccccc1Cn1c(=N)n(C[C@@H](O)c2ccc(Cl)c(Cl)c2)c2ccccc21. The number of aliphatic hydroxyl groups is 1. The van der Waals surface area contributed by atoms with Gasteiger partial charge in [-0.2, -0.15) is 0 Å². The van der Waals surface area contributed by atoms with Crippen molar-refractivity contribution < 1.29 is 5.11 Å². The molecule has 0 unspecified atom stereocenters. The summed E-state index contributed by atoms with van der Waals surface area (Å²) in [4.78, 5) is 0. The van der Waals surface area contributed by atoms with Crippen molar-refractivity contribution in [1.82, 2.24) is 9.13 Å². The number of nitrogens with one attached hydrogen (secondary N) is 1. The predicted octanol–water partition coefficient (Wildman–Crippen LogP) is 5.32. The van der Waals surface area contributed by atoms with Crippen LogP contribution < -0.4 is 5.62 Å². The van der Waals surface area contributed by atoms with E-state index in [1.807, 2.05) is 45.5 Å². The molecule has 148 valence electrons. The fourth-order valence-electron chi connectivity index (χ4n) is 3.60. The van der Waals surface area contributed by atoms with Crippen LogP contribution in [0.1, 0.15) is 22.8 Å². The summed E-state index contributed by atoms with van der Waals surface area (Å²) in [5.41, 5.74) is 5.23. The molecule has 0 radical (unpaired) electrons. The molecule has 3 aromatic carbocycles. The van der Waals surface area contributed by atoms with Gasteiger partial charge in [-0.25, -0.2) is 0 Å². The number of para-hydroxylation sites is 2. The molecule has 4 aromatic rings. The van der Waals surface area contributed by atoms with Crippen LogP contribution in [0.3, 0.4) is 0 Å². The second-order valence-corrected chi connectivity index (χ2v) is 7.94. The molecule has 1 heterocycles. The highest BCUT2D eigenvalue weighted by Gasteiger charge is 2.16. The van der Waals surface area contributed by atoms with Crippen LogP contribution in [-0.2, 0) is 13.1 Å². The normalized spacial score (nSPS) is 12.4. The van der Waals surface area contributed by atoms with Gasteiger partial charge in [0.1, 0.15) is 0 Å². The molecule has 1 atom stereocenters. The number of aliphatic hydroxyl groups excluding tert-OH is 1. The van der Waals surface area contributed by atoms with Crippen LogP contribution in [0.25, 0.3) is 11.0 Å². The molecule has 4 rings (SSSR count). The number of imidazole rings is 1. The predicted molar refractivity (Wildman–Crippen MR) is 117 cm³/mol. The Morgan fingerprint density at radius 2 is 1.55 bits per heavy atom. The number of hydrogen-bond acceptors (Lipinski definition) is 2. The molecule has 2 N–H and O–H groups in total. The van der Waals surface area contributed by atoms with Gasteiger partial charge in [0.05, 0.1) is 40.3 Å². The summed E-state index contributed by atoms with van der Waals surface area (Å²) in [6.45, 7) is 2.92. The van der Waals surface area contributed by atoms with E-state index in [1.165, 1.54) is 11.1 Å². The number of fused-ring (bicyclic) bond motifs is 1. The molecule has 6 heteroatoms. The first-order valence-electron chi connectivity index (χ1n) is 9.36. The third-order valence-electron chi connectivity index (χ3n) is 5.25. The van der Waals surface area contributed by atoms with Crippen molar-refractivity contribution in [1.29, 1.82) is 5.41 Å². The first-order chi connectivity index (χ1) is 14.0. The maximum atomic E-state index is 10.8. The van der Waals surface area contributed by atoms with Gasteiger partial charge in [0.2, 0.25) is 5.62 Å². The average Bonchev–Trinajstić information content (AvgIpc) is 2.97. The van der Waals surface area contributed by atoms with Crippen molar-refractivity contribution in [2.75, 3.05) is 0 Å². The third kappa shape index (κ3) is 3.84. The van der Waals surface area contributed by atoms with Gasteiger partial charge in [-0.3, -0.25) is 5.41 Å². The largest absolute Gasteiger partial charge is 0.387 e. The average molecular weight is 426 g/mol. The quantitative estimate of drug-likeness (QED) is 0.446. The second kappa shape index (κ2) is 8.07. The minimum Gasteiger partial charge on any atom is -0.387 e. The van der Waals surface area contributed by atoms with Crippen molar-refractivity contribution in [2.24, 2.45) is 0 Å². The molecule has 0 aliphatic carbocycles. The van der Waals surface area contributed by atoms with E-state index in [2.05, 4.69) is 19.1 Å². The molecule has 0 saturated heterocycles. The van der Waals surface area contributed by atoms with Crippen molar-refractivity contribution in [3.8, 4) is 0 Å². The molecule has 0 spiro atoms. The molecule has 0 aliphatic rings. The Morgan fingerprint density at radius 3 is 2.24 bits per heavy atom. The Bertz CT molecular complexity index is 1240. The van der Waals surface area contributed by atoms with Crippen molar-refractivity contribution in [3.05, 3.63) is 99.1 Å². The Morgan fingerprint density at radius 1 is 0.897 bits per heavy atom. The monoisotopic (exact) mass is 425 g/mol. The summed E-state index contributed by atoms with van der Waals surface area (Å²) in [5.74, 6) is 0. The van der Waals surface area contributed by atoms with E-state index in [-0.39, 0.29) is 6.54 Å². The number of aromatic nitrogens is 2. The molecule has 29 heavy (non-hydrogen) atoms. The lowest BCUT2D eigenvalue weighted by Gasteiger charge is -2.13. The van der Waals surface area contributed by atoms with Crippen LogP contribution >= 0.6 is 23.2 Å². The lowest BCUT2D eigenvalue weighted by Crippen LogP contribution is -2.27. The maximum absolute atomic E-state index is 10.8. The maximum Gasteiger partial charge on any atom is 0.203 e. The van der Waals surface area contributed by atoms with E-state index in [1.54, 1.807) is 18.2 Å². The first kappa shape index (κ1) is 19.8. The van der Waals surface area contributed by atoms with Crippen LogP contribution in [0.15, 0.2) is 66.7 Å². The van der Waals surface area contributed by atoms with Crippen LogP contribution in [-0.4, -0.2) is 14.2 Å². The topological polar surface area (TPSA) is 53.9 Å². The molecule has 0 amide bonds.